The number of aryl methyl sites for hydroxylation is 1. The molecule has 1 N–H and O–H groups in total. The molecule has 0 bridgehead atoms. The molecule has 3 heteroatoms. The van der Waals surface area contributed by atoms with Crippen molar-refractivity contribution < 1.29 is 4.74 Å². The maximum absolute atomic E-state index is 5.84. The van der Waals surface area contributed by atoms with E-state index in [1.54, 1.807) is 0 Å². The molecule has 106 valence electrons. The predicted octanol–water partition coefficient (Wildman–Crippen LogP) is 2.45. The molecule has 0 radical (unpaired) electrons. The molecule has 1 saturated heterocycles. The Kier molecular flexibility index (Phi) is 5.67. The smallest absolute Gasteiger partial charge is 0.119 e. The van der Waals surface area contributed by atoms with Crippen LogP contribution in [-0.2, 0) is 0 Å². The Morgan fingerprint density at radius 3 is 2.68 bits per heavy atom. The summed E-state index contributed by atoms with van der Waals surface area (Å²) in [4.78, 5) is 2.56. The average molecular weight is 262 g/mol. The Hall–Kier alpha value is -1.06. The van der Waals surface area contributed by atoms with Gasteiger partial charge in [-0.3, -0.25) is 4.90 Å². The minimum absolute atomic E-state index is 0.696. The lowest BCUT2D eigenvalue weighted by Crippen LogP contribution is -2.40. The third-order valence-corrected chi connectivity index (χ3v) is 3.73. The third kappa shape index (κ3) is 4.51. The highest BCUT2D eigenvalue weighted by Gasteiger charge is 2.21. The van der Waals surface area contributed by atoms with Gasteiger partial charge < -0.3 is 10.1 Å². The molecule has 1 aliphatic heterocycles. The Morgan fingerprint density at radius 2 is 2.05 bits per heavy atom. The summed E-state index contributed by atoms with van der Waals surface area (Å²) in [7, 11) is 0. The molecule has 0 amide bonds. The third-order valence-electron chi connectivity index (χ3n) is 3.73. The highest BCUT2D eigenvalue weighted by Crippen LogP contribution is 2.13. The SMILES string of the molecule is CCCN(CCOc1ccc(C)cc1)C1CCNC1. The number of hydrogen-bond donors (Lipinski definition) is 1. The number of nitrogens with one attached hydrogen (secondary N) is 1. The van der Waals surface area contributed by atoms with E-state index in [4.69, 9.17) is 4.74 Å². The molecule has 1 aromatic rings. The summed E-state index contributed by atoms with van der Waals surface area (Å²) in [6, 6.07) is 8.99. The van der Waals surface area contributed by atoms with Crippen LogP contribution in [0.2, 0.25) is 0 Å². The van der Waals surface area contributed by atoms with E-state index < -0.39 is 0 Å². The number of hydrogen-bond acceptors (Lipinski definition) is 3. The summed E-state index contributed by atoms with van der Waals surface area (Å²) in [5.74, 6) is 0.978. The van der Waals surface area contributed by atoms with Gasteiger partial charge in [-0.2, -0.15) is 0 Å². The summed E-state index contributed by atoms with van der Waals surface area (Å²) >= 11 is 0. The molecule has 0 saturated carbocycles. The molecule has 1 aromatic carbocycles. The summed E-state index contributed by atoms with van der Waals surface area (Å²) in [6.07, 6.45) is 2.48. The number of ether oxygens (including phenoxy) is 1. The van der Waals surface area contributed by atoms with Crippen LogP contribution >= 0.6 is 0 Å². The molecule has 0 aliphatic carbocycles. The van der Waals surface area contributed by atoms with E-state index in [0.29, 0.717) is 6.04 Å². The molecular weight excluding hydrogens is 236 g/mol. The Morgan fingerprint density at radius 1 is 1.26 bits per heavy atom. The van der Waals surface area contributed by atoms with Crippen molar-refractivity contribution in [2.75, 3.05) is 32.8 Å². The van der Waals surface area contributed by atoms with E-state index >= 15 is 0 Å². The first kappa shape index (κ1) is 14.4. The molecule has 19 heavy (non-hydrogen) atoms. The van der Waals surface area contributed by atoms with Crippen LogP contribution in [0.25, 0.3) is 0 Å². The number of nitrogens with zero attached hydrogens (tertiary/aromatic N) is 1. The van der Waals surface area contributed by atoms with Gasteiger partial charge >= 0.3 is 0 Å². The normalized spacial score (nSPS) is 19.0. The minimum Gasteiger partial charge on any atom is -0.492 e. The van der Waals surface area contributed by atoms with Crippen molar-refractivity contribution in [3.8, 4) is 5.75 Å². The van der Waals surface area contributed by atoms with Gasteiger partial charge in [0, 0.05) is 19.1 Å². The first-order chi connectivity index (χ1) is 9.29. The van der Waals surface area contributed by atoms with Crippen molar-refractivity contribution in [2.45, 2.75) is 32.7 Å². The monoisotopic (exact) mass is 262 g/mol. The van der Waals surface area contributed by atoms with Crippen LogP contribution < -0.4 is 10.1 Å². The Labute approximate surface area is 116 Å². The van der Waals surface area contributed by atoms with E-state index in [-0.39, 0.29) is 0 Å². The van der Waals surface area contributed by atoms with E-state index in [2.05, 4.69) is 48.3 Å². The molecule has 0 spiro atoms. The van der Waals surface area contributed by atoms with Crippen molar-refractivity contribution in [2.24, 2.45) is 0 Å². The van der Waals surface area contributed by atoms with Gasteiger partial charge in [0.15, 0.2) is 0 Å². The molecule has 1 unspecified atom stereocenters. The lowest BCUT2D eigenvalue weighted by molar-refractivity contribution is 0.167. The highest BCUT2D eigenvalue weighted by atomic mass is 16.5. The fourth-order valence-corrected chi connectivity index (χ4v) is 2.63. The van der Waals surface area contributed by atoms with Gasteiger partial charge in [-0.05, 0) is 45.0 Å². The fraction of sp³-hybridized carbons (Fsp3) is 0.625. The van der Waals surface area contributed by atoms with Crippen molar-refractivity contribution >= 4 is 0 Å². The van der Waals surface area contributed by atoms with E-state index in [0.717, 1.165) is 32.0 Å². The Bertz CT molecular complexity index is 358. The zero-order valence-electron chi connectivity index (χ0n) is 12.2. The predicted molar refractivity (Wildman–Crippen MR) is 79.8 cm³/mol. The highest BCUT2D eigenvalue weighted by molar-refractivity contribution is 5.26. The summed E-state index contributed by atoms with van der Waals surface area (Å²) < 4.78 is 5.84. The zero-order chi connectivity index (χ0) is 13.5. The molecule has 3 nitrogen and oxygen atoms in total. The van der Waals surface area contributed by atoms with Crippen molar-refractivity contribution in [3.63, 3.8) is 0 Å². The number of benzene rings is 1. The fourth-order valence-electron chi connectivity index (χ4n) is 2.63. The van der Waals surface area contributed by atoms with E-state index in [9.17, 15) is 0 Å². The second-order valence-corrected chi connectivity index (χ2v) is 5.34. The largest absolute Gasteiger partial charge is 0.492 e. The van der Waals surface area contributed by atoms with Crippen LogP contribution in [0.1, 0.15) is 25.3 Å². The molecular formula is C16H26N2O. The standard InChI is InChI=1S/C16H26N2O/c1-3-10-18(15-8-9-17-13-15)11-12-19-16-6-4-14(2)5-7-16/h4-7,15,17H,3,8-13H2,1-2H3. The van der Waals surface area contributed by atoms with Crippen molar-refractivity contribution in [3.05, 3.63) is 29.8 Å². The molecule has 1 aliphatic rings. The molecule has 0 aromatic heterocycles. The van der Waals surface area contributed by atoms with Crippen LogP contribution in [-0.4, -0.2) is 43.7 Å². The average Bonchev–Trinajstić information content (AvgIpc) is 2.94. The zero-order valence-corrected chi connectivity index (χ0v) is 12.2. The van der Waals surface area contributed by atoms with Gasteiger partial charge in [-0.25, -0.2) is 0 Å². The van der Waals surface area contributed by atoms with Gasteiger partial charge in [0.1, 0.15) is 12.4 Å². The van der Waals surface area contributed by atoms with Crippen LogP contribution in [0.3, 0.4) is 0 Å². The minimum atomic E-state index is 0.696. The second-order valence-electron chi connectivity index (χ2n) is 5.34. The topological polar surface area (TPSA) is 24.5 Å². The van der Waals surface area contributed by atoms with Crippen LogP contribution in [0.4, 0.5) is 0 Å². The second kappa shape index (κ2) is 7.51. The lowest BCUT2D eigenvalue weighted by atomic mass is 10.2. The summed E-state index contributed by atoms with van der Waals surface area (Å²) in [5.41, 5.74) is 1.27. The Balaban J connectivity index is 1.76. The van der Waals surface area contributed by atoms with Crippen molar-refractivity contribution in [1.29, 1.82) is 0 Å². The number of rotatable bonds is 7. The van der Waals surface area contributed by atoms with Gasteiger partial charge in [0.25, 0.3) is 0 Å². The summed E-state index contributed by atoms with van der Waals surface area (Å²) in [5, 5.41) is 3.44. The summed E-state index contributed by atoms with van der Waals surface area (Å²) in [6.45, 7) is 9.60. The van der Waals surface area contributed by atoms with E-state index in [1.165, 1.54) is 24.9 Å². The van der Waals surface area contributed by atoms with E-state index in [1.807, 2.05) is 0 Å². The quantitative estimate of drug-likeness (QED) is 0.817. The molecule has 1 fully saturated rings. The van der Waals surface area contributed by atoms with Gasteiger partial charge in [0.2, 0.25) is 0 Å². The van der Waals surface area contributed by atoms with Gasteiger partial charge in [-0.15, -0.1) is 0 Å². The van der Waals surface area contributed by atoms with Crippen LogP contribution in [0.15, 0.2) is 24.3 Å². The first-order valence-electron chi connectivity index (χ1n) is 7.44. The lowest BCUT2D eigenvalue weighted by Gasteiger charge is -2.27. The van der Waals surface area contributed by atoms with Gasteiger partial charge in [0.05, 0.1) is 0 Å². The maximum atomic E-state index is 5.84. The van der Waals surface area contributed by atoms with Crippen molar-refractivity contribution in [1.82, 2.24) is 10.2 Å². The van der Waals surface area contributed by atoms with Crippen LogP contribution in [0, 0.1) is 6.92 Å². The molecule has 1 atom stereocenters. The molecule has 1 heterocycles. The maximum Gasteiger partial charge on any atom is 0.119 e. The molecule has 2 rings (SSSR count). The van der Waals surface area contributed by atoms with Gasteiger partial charge in [-0.1, -0.05) is 24.6 Å². The van der Waals surface area contributed by atoms with Crippen LogP contribution in [0.5, 0.6) is 5.75 Å². The first-order valence-corrected chi connectivity index (χ1v) is 7.44.